The van der Waals surface area contributed by atoms with Crippen LogP contribution >= 0.6 is 0 Å². The van der Waals surface area contributed by atoms with Crippen LogP contribution in [0, 0.1) is 0 Å². The lowest BCUT2D eigenvalue weighted by atomic mass is 10.1. The van der Waals surface area contributed by atoms with E-state index in [1.165, 1.54) is 26.9 Å². The van der Waals surface area contributed by atoms with Crippen LogP contribution in [0.5, 0.6) is 17.2 Å². The van der Waals surface area contributed by atoms with Crippen LogP contribution in [-0.2, 0) is 11.2 Å². The third kappa shape index (κ3) is 2.89. The first-order valence-corrected chi connectivity index (χ1v) is 7.76. The second kappa shape index (κ2) is 6.83. The van der Waals surface area contributed by atoms with Crippen molar-refractivity contribution in [3.05, 3.63) is 53.1 Å². The Balaban J connectivity index is 1.86. The minimum absolute atomic E-state index is 0.215. The molecule has 1 aliphatic rings. The maximum atomic E-state index is 12.6. The molecule has 0 radical (unpaired) electrons. The zero-order valence-electron chi connectivity index (χ0n) is 14.0. The SMILES string of the molecule is COc1cc(C(=O)O[C@@H]2CCc3ccccc32)cc(OC)c1OC. The Morgan fingerprint density at radius 3 is 2.29 bits per heavy atom. The van der Waals surface area contributed by atoms with E-state index >= 15 is 0 Å². The van der Waals surface area contributed by atoms with Crippen molar-refractivity contribution in [3.63, 3.8) is 0 Å². The van der Waals surface area contributed by atoms with E-state index in [2.05, 4.69) is 6.07 Å². The van der Waals surface area contributed by atoms with E-state index in [4.69, 9.17) is 18.9 Å². The van der Waals surface area contributed by atoms with Crippen LogP contribution in [0.25, 0.3) is 0 Å². The van der Waals surface area contributed by atoms with Crippen LogP contribution < -0.4 is 14.2 Å². The summed E-state index contributed by atoms with van der Waals surface area (Å²) in [6, 6.07) is 11.2. The molecule has 0 N–H and O–H groups in total. The molecule has 5 heteroatoms. The molecule has 126 valence electrons. The van der Waals surface area contributed by atoms with Gasteiger partial charge in [0.25, 0.3) is 0 Å². The lowest BCUT2D eigenvalue weighted by Crippen LogP contribution is -2.10. The standard InChI is InChI=1S/C19H20O5/c1-21-16-10-13(11-17(22-2)18(16)23-3)19(20)24-15-9-8-12-6-4-5-7-14(12)15/h4-7,10-11,15H,8-9H2,1-3H3/t15-/m1/s1. The van der Waals surface area contributed by atoms with Gasteiger partial charge in [-0.3, -0.25) is 0 Å². The molecule has 0 spiro atoms. The molecule has 0 aliphatic heterocycles. The first kappa shape index (κ1) is 16.2. The van der Waals surface area contributed by atoms with Crippen LogP contribution in [0.4, 0.5) is 0 Å². The second-order valence-electron chi connectivity index (χ2n) is 5.55. The first-order valence-electron chi connectivity index (χ1n) is 7.76. The van der Waals surface area contributed by atoms with Crippen molar-refractivity contribution in [2.45, 2.75) is 18.9 Å². The van der Waals surface area contributed by atoms with E-state index in [1.807, 2.05) is 18.2 Å². The molecule has 5 nitrogen and oxygen atoms in total. The maximum absolute atomic E-state index is 12.6. The highest BCUT2D eigenvalue weighted by Gasteiger charge is 2.27. The van der Waals surface area contributed by atoms with Gasteiger partial charge in [0.2, 0.25) is 5.75 Å². The van der Waals surface area contributed by atoms with Gasteiger partial charge in [-0.05, 0) is 36.1 Å². The maximum Gasteiger partial charge on any atom is 0.339 e. The number of fused-ring (bicyclic) bond motifs is 1. The Labute approximate surface area is 141 Å². The van der Waals surface area contributed by atoms with Crippen molar-refractivity contribution < 1.29 is 23.7 Å². The number of esters is 1. The predicted octanol–water partition coefficient (Wildman–Crippen LogP) is 3.56. The summed E-state index contributed by atoms with van der Waals surface area (Å²) < 4.78 is 21.5. The highest BCUT2D eigenvalue weighted by molar-refractivity contribution is 5.91. The lowest BCUT2D eigenvalue weighted by Gasteiger charge is -2.16. The molecule has 0 fully saturated rings. The van der Waals surface area contributed by atoms with E-state index in [0.717, 1.165) is 18.4 Å². The summed E-state index contributed by atoms with van der Waals surface area (Å²) in [6.07, 6.45) is 1.51. The number of rotatable bonds is 5. The Morgan fingerprint density at radius 2 is 1.67 bits per heavy atom. The zero-order chi connectivity index (χ0) is 17.1. The van der Waals surface area contributed by atoms with Gasteiger partial charge >= 0.3 is 5.97 Å². The van der Waals surface area contributed by atoms with E-state index in [0.29, 0.717) is 22.8 Å². The molecule has 0 aromatic heterocycles. The number of ether oxygens (including phenoxy) is 4. The molecule has 1 atom stereocenters. The summed E-state index contributed by atoms with van der Waals surface area (Å²) in [5.74, 6) is 0.893. The van der Waals surface area contributed by atoms with Crippen LogP contribution in [0.15, 0.2) is 36.4 Å². The van der Waals surface area contributed by atoms with E-state index in [-0.39, 0.29) is 6.10 Å². The third-order valence-corrected chi connectivity index (χ3v) is 4.23. The van der Waals surface area contributed by atoms with Crippen molar-refractivity contribution in [1.82, 2.24) is 0 Å². The molecule has 2 aromatic rings. The van der Waals surface area contributed by atoms with E-state index < -0.39 is 5.97 Å². The van der Waals surface area contributed by atoms with Crippen molar-refractivity contribution in [1.29, 1.82) is 0 Å². The van der Waals surface area contributed by atoms with Crippen molar-refractivity contribution >= 4 is 5.97 Å². The molecule has 0 heterocycles. The lowest BCUT2D eigenvalue weighted by molar-refractivity contribution is 0.0300. The van der Waals surface area contributed by atoms with E-state index in [1.54, 1.807) is 12.1 Å². The number of hydrogen-bond acceptors (Lipinski definition) is 5. The zero-order valence-corrected chi connectivity index (χ0v) is 14.0. The van der Waals surface area contributed by atoms with Gasteiger partial charge in [0, 0.05) is 0 Å². The Morgan fingerprint density at radius 1 is 1.00 bits per heavy atom. The third-order valence-electron chi connectivity index (χ3n) is 4.23. The smallest absolute Gasteiger partial charge is 0.339 e. The van der Waals surface area contributed by atoms with Crippen LogP contribution in [0.3, 0.4) is 0 Å². The monoisotopic (exact) mass is 328 g/mol. The number of hydrogen-bond donors (Lipinski definition) is 0. The molecule has 1 aliphatic carbocycles. The van der Waals surface area contributed by atoms with Crippen molar-refractivity contribution in [2.75, 3.05) is 21.3 Å². The van der Waals surface area contributed by atoms with Crippen molar-refractivity contribution in [2.24, 2.45) is 0 Å². The van der Waals surface area contributed by atoms with Gasteiger partial charge in [-0.2, -0.15) is 0 Å². The fraction of sp³-hybridized carbons (Fsp3) is 0.316. The van der Waals surface area contributed by atoms with E-state index in [9.17, 15) is 4.79 Å². The molecular weight excluding hydrogens is 308 g/mol. The predicted molar refractivity (Wildman–Crippen MR) is 89.0 cm³/mol. The van der Waals surface area contributed by atoms with Gasteiger partial charge in [-0.1, -0.05) is 24.3 Å². The fourth-order valence-electron chi connectivity index (χ4n) is 3.04. The average Bonchev–Trinajstić information content (AvgIpc) is 3.03. The summed E-state index contributed by atoms with van der Waals surface area (Å²) in [5, 5.41) is 0. The first-order chi connectivity index (χ1) is 11.7. The molecule has 24 heavy (non-hydrogen) atoms. The highest BCUT2D eigenvalue weighted by atomic mass is 16.5. The number of methoxy groups -OCH3 is 3. The largest absolute Gasteiger partial charge is 0.493 e. The van der Waals surface area contributed by atoms with Crippen LogP contribution in [0.2, 0.25) is 0 Å². The van der Waals surface area contributed by atoms with Gasteiger partial charge in [0.05, 0.1) is 26.9 Å². The Kier molecular flexibility index (Phi) is 4.60. The summed E-state index contributed by atoms with van der Waals surface area (Å²) in [4.78, 5) is 12.6. The minimum Gasteiger partial charge on any atom is -0.493 e. The molecule has 0 bridgehead atoms. The van der Waals surface area contributed by atoms with Crippen LogP contribution in [0.1, 0.15) is 34.0 Å². The van der Waals surface area contributed by atoms with Gasteiger partial charge in [0.15, 0.2) is 11.5 Å². The number of carbonyl (C=O) groups is 1. The fourth-order valence-corrected chi connectivity index (χ4v) is 3.04. The summed E-state index contributed by atoms with van der Waals surface area (Å²) >= 11 is 0. The Bertz CT molecular complexity index is 728. The van der Waals surface area contributed by atoms with Crippen LogP contribution in [-0.4, -0.2) is 27.3 Å². The summed E-state index contributed by atoms with van der Waals surface area (Å²) in [6.45, 7) is 0. The normalized spacial score (nSPS) is 15.5. The quantitative estimate of drug-likeness (QED) is 0.786. The number of benzene rings is 2. The second-order valence-corrected chi connectivity index (χ2v) is 5.55. The van der Waals surface area contributed by atoms with Gasteiger partial charge < -0.3 is 18.9 Å². The number of aryl methyl sites for hydroxylation is 1. The average molecular weight is 328 g/mol. The highest BCUT2D eigenvalue weighted by Crippen LogP contribution is 2.39. The molecule has 0 unspecified atom stereocenters. The molecule has 2 aromatic carbocycles. The molecule has 3 rings (SSSR count). The topological polar surface area (TPSA) is 54.0 Å². The number of carbonyl (C=O) groups excluding carboxylic acids is 1. The Hall–Kier alpha value is -2.69. The summed E-state index contributed by atoms with van der Waals surface area (Å²) in [5.41, 5.74) is 2.69. The molecule has 0 amide bonds. The molecule has 0 saturated heterocycles. The van der Waals surface area contributed by atoms with Gasteiger partial charge in [-0.25, -0.2) is 4.79 Å². The van der Waals surface area contributed by atoms with Gasteiger partial charge in [0.1, 0.15) is 6.10 Å². The molecular formula is C19H20O5. The summed E-state index contributed by atoms with van der Waals surface area (Å²) in [7, 11) is 4.55. The molecule has 0 saturated carbocycles. The van der Waals surface area contributed by atoms with Crippen molar-refractivity contribution in [3.8, 4) is 17.2 Å². The van der Waals surface area contributed by atoms with Gasteiger partial charge in [-0.15, -0.1) is 0 Å². The minimum atomic E-state index is -0.407.